The van der Waals surface area contributed by atoms with Crippen molar-refractivity contribution in [2.45, 2.75) is 42.5 Å². The third-order valence-corrected chi connectivity index (χ3v) is 6.40. The third kappa shape index (κ3) is 4.67. The largest absolute Gasteiger partial charge is 0.448 e. The first-order valence-corrected chi connectivity index (χ1v) is 12.0. The van der Waals surface area contributed by atoms with Gasteiger partial charge in [-0.3, -0.25) is 0 Å². The maximum Gasteiger partial charge on any atom is 0.247 e. The summed E-state index contributed by atoms with van der Waals surface area (Å²) < 4.78 is 6.32. The van der Waals surface area contributed by atoms with Crippen LogP contribution in [0.25, 0.3) is 11.3 Å². The molecule has 0 bridgehead atoms. The summed E-state index contributed by atoms with van der Waals surface area (Å²) in [6, 6.07) is 16.4. The predicted octanol–water partition coefficient (Wildman–Crippen LogP) is 6.05. The Labute approximate surface area is 180 Å². The molecule has 4 rings (SSSR count). The van der Waals surface area contributed by atoms with Gasteiger partial charge >= 0.3 is 0 Å². The Bertz CT molecular complexity index is 965. The first-order valence-electron chi connectivity index (χ1n) is 9.82. The van der Waals surface area contributed by atoms with Crippen molar-refractivity contribution in [3.63, 3.8) is 0 Å². The van der Waals surface area contributed by atoms with Crippen molar-refractivity contribution in [1.29, 1.82) is 0 Å². The van der Waals surface area contributed by atoms with Gasteiger partial charge in [0.05, 0.1) is 0 Å². The molecule has 0 amide bonds. The normalized spacial score (nSPS) is 14.9. The minimum Gasteiger partial charge on any atom is -0.448 e. The zero-order valence-corrected chi connectivity index (χ0v) is 18.2. The van der Waals surface area contributed by atoms with Crippen LogP contribution in [0.15, 0.2) is 58.6 Å². The predicted molar refractivity (Wildman–Crippen MR) is 121 cm³/mol. The van der Waals surface area contributed by atoms with Crippen LogP contribution in [0.5, 0.6) is 5.88 Å². The molecule has 0 radical (unpaired) electrons. The number of thioether (sulfide) groups is 2. The van der Waals surface area contributed by atoms with Crippen molar-refractivity contribution >= 4 is 29.2 Å². The van der Waals surface area contributed by atoms with E-state index in [9.17, 15) is 0 Å². The van der Waals surface area contributed by atoms with Gasteiger partial charge in [-0.15, -0.1) is 22.0 Å². The maximum atomic E-state index is 6.32. The minimum absolute atomic E-state index is 0.344. The molecule has 1 aliphatic rings. The van der Waals surface area contributed by atoms with E-state index in [2.05, 4.69) is 53.0 Å². The minimum atomic E-state index is -0.344. The number of hydrogen-bond donors (Lipinski definition) is 1. The summed E-state index contributed by atoms with van der Waals surface area (Å²) in [5, 5.41) is 13.0. The van der Waals surface area contributed by atoms with Crippen LogP contribution in [0.4, 0.5) is 5.69 Å². The number of hydrogen-bond acceptors (Lipinski definition) is 7. The van der Waals surface area contributed by atoms with Crippen LogP contribution in [0, 0.1) is 0 Å². The molecular formula is C22H24N4OS2. The highest BCUT2D eigenvalue weighted by Gasteiger charge is 2.25. The molecule has 1 aliphatic heterocycles. The summed E-state index contributed by atoms with van der Waals surface area (Å²) in [7, 11) is 0. The van der Waals surface area contributed by atoms with Gasteiger partial charge in [-0.25, -0.2) is 0 Å². The number of rotatable bonds is 7. The van der Waals surface area contributed by atoms with E-state index >= 15 is 0 Å². The van der Waals surface area contributed by atoms with Crippen molar-refractivity contribution in [3.8, 4) is 17.1 Å². The Morgan fingerprint density at radius 2 is 1.86 bits per heavy atom. The van der Waals surface area contributed by atoms with Crippen molar-refractivity contribution in [1.82, 2.24) is 15.2 Å². The number of unbranched alkanes of at least 4 members (excludes halogenated alkanes) is 2. The zero-order valence-electron chi connectivity index (χ0n) is 16.6. The molecule has 7 heteroatoms. The standard InChI is InChI=1S/C22H24N4OS2/c1-3-4-7-14-29-22-24-21-19(25-26-22)17-8-5-6-9-18(17)23-20(27-21)15-10-12-16(28-2)13-11-15/h5-6,8-13,20,23H,3-4,7,14H2,1-2H3/t20-/m0/s1. The fourth-order valence-corrected chi connectivity index (χ4v) is 4.34. The van der Waals surface area contributed by atoms with Gasteiger partial charge in [0.2, 0.25) is 11.0 Å². The summed E-state index contributed by atoms with van der Waals surface area (Å²) in [6.45, 7) is 2.20. The van der Waals surface area contributed by atoms with Crippen molar-refractivity contribution in [2.24, 2.45) is 0 Å². The highest BCUT2D eigenvalue weighted by molar-refractivity contribution is 7.99. The van der Waals surface area contributed by atoms with E-state index in [0.717, 1.165) is 29.0 Å². The molecule has 1 atom stereocenters. The lowest BCUT2D eigenvalue weighted by Gasteiger charge is -2.19. The Hall–Kier alpha value is -2.25. The molecular weight excluding hydrogens is 400 g/mol. The van der Waals surface area contributed by atoms with Gasteiger partial charge in [-0.05, 0) is 30.9 Å². The van der Waals surface area contributed by atoms with Crippen LogP contribution in [-0.4, -0.2) is 27.2 Å². The van der Waals surface area contributed by atoms with Crippen LogP contribution in [0.2, 0.25) is 0 Å². The first kappa shape index (κ1) is 20.0. The molecule has 0 saturated carbocycles. The molecule has 1 aromatic heterocycles. The number of nitrogens with zero attached hydrogens (tertiary/aromatic N) is 3. The van der Waals surface area contributed by atoms with E-state index in [4.69, 9.17) is 9.72 Å². The maximum absolute atomic E-state index is 6.32. The van der Waals surface area contributed by atoms with Crippen LogP contribution >= 0.6 is 23.5 Å². The SMILES string of the molecule is CCCCCSc1nnc2c(n1)O[C@@H](c1ccc(SC)cc1)Nc1ccccc1-2. The highest BCUT2D eigenvalue weighted by Crippen LogP contribution is 2.39. The van der Waals surface area contributed by atoms with Gasteiger partial charge in [0.25, 0.3) is 0 Å². The second-order valence-corrected chi connectivity index (χ2v) is 8.71. The van der Waals surface area contributed by atoms with Crippen LogP contribution in [0.1, 0.15) is 38.0 Å². The topological polar surface area (TPSA) is 59.9 Å². The third-order valence-electron chi connectivity index (χ3n) is 4.73. The quantitative estimate of drug-likeness (QED) is 0.366. The van der Waals surface area contributed by atoms with Crippen molar-refractivity contribution in [3.05, 3.63) is 54.1 Å². The monoisotopic (exact) mass is 424 g/mol. The zero-order chi connectivity index (χ0) is 20.1. The summed E-state index contributed by atoms with van der Waals surface area (Å²) in [5.74, 6) is 1.51. The van der Waals surface area contributed by atoms with E-state index in [-0.39, 0.29) is 6.23 Å². The number of fused-ring (bicyclic) bond motifs is 3. The number of aromatic nitrogens is 3. The average Bonchev–Trinajstić information content (AvgIpc) is 2.93. The molecule has 0 fully saturated rings. The Balaban J connectivity index is 1.66. The number of anilines is 1. The molecule has 0 unspecified atom stereocenters. The smallest absolute Gasteiger partial charge is 0.247 e. The summed E-state index contributed by atoms with van der Waals surface area (Å²) in [6.07, 6.45) is 5.30. The lowest BCUT2D eigenvalue weighted by molar-refractivity contribution is 0.225. The average molecular weight is 425 g/mol. The molecule has 3 aromatic rings. The molecule has 2 aromatic carbocycles. The molecule has 29 heavy (non-hydrogen) atoms. The second kappa shape index (κ2) is 9.50. The molecule has 5 nitrogen and oxygen atoms in total. The number of nitrogens with one attached hydrogen (secondary N) is 1. The van der Waals surface area contributed by atoms with Crippen LogP contribution in [0.3, 0.4) is 0 Å². The fourth-order valence-electron chi connectivity index (χ4n) is 3.15. The highest BCUT2D eigenvalue weighted by atomic mass is 32.2. The van der Waals surface area contributed by atoms with Gasteiger partial charge in [-0.1, -0.05) is 61.9 Å². The van der Waals surface area contributed by atoms with Gasteiger partial charge in [0, 0.05) is 27.5 Å². The van der Waals surface area contributed by atoms with Crippen LogP contribution < -0.4 is 10.1 Å². The summed E-state index contributed by atoms with van der Waals surface area (Å²) in [5.41, 5.74) is 3.63. The Morgan fingerprint density at radius 1 is 1.03 bits per heavy atom. The Kier molecular flexibility index (Phi) is 6.56. The van der Waals surface area contributed by atoms with E-state index in [1.165, 1.54) is 17.7 Å². The number of para-hydroxylation sites is 1. The molecule has 2 heterocycles. The molecule has 1 N–H and O–H groups in total. The first-order chi connectivity index (χ1) is 14.3. The van der Waals surface area contributed by atoms with Gasteiger partial charge in [-0.2, -0.15) is 4.98 Å². The van der Waals surface area contributed by atoms with Crippen LogP contribution in [-0.2, 0) is 0 Å². The summed E-state index contributed by atoms with van der Waals surface area (Å²) >= 11 is 3.36. The molecule has 0 aliphatic carbocycles. The lowest BCUT2D eigenvalue weighted by atomic mass is 10.1. The molecule has 0 spiro atoms. The van der Waals surface area contributed by atoms with Gasteiger partial charge in [0.1, 0.15) is 0 Å². The number of ether oxygens (including phenoxy) is 1. The fraction of sp³-hybridized carbons (Fsp3) is 0.318. The second-order valence-electron chi connectivity index (χ2n) is 6.76. The molecule has 150 valence electrons. The number of benzene rings is 2. The Morgan fingerprint density at radius 3 is 2.66 bits per heavy atom. The van der Waals surface area contributed by atoms with Gasteiger partial charge in [0.15, 0.2) is 11.9 Å². The lowest BCUT2D eigenvalue weighted by Crippen LogP contribution is -2.17. The van der Waals surface area contributed by atoms with E-state index in [1.807, 2.05) is 24.3 Å². The van der Waals surface area contributed by atoms with Crippen molar-refractivity contribution < 1.29 is 4.74 Å². The van der Waals surface area contributed by atoms with Gasteiger partial charge < -0.3 is 10.1 Å². The van der Waals surface area contributed by atoms with Crippen molar-refractivity contribution in [2.75, 3.05) is 17.3 Å². The molecule has 0 saturated heterocycles. The van der Waals surface area contributed by atoms with E-state index in [0.29, 0.717) is 16.7 Å². The van der Waals surface area contributed by atoms with E-state index in [1.54, 1.807) is 23.5 Å². The van der Waals surface area contributed by atoms with E-state index < -0.39 is 0 Å². The summed E-state index contributed by atoms with van der Waals surface area (Å²) in [4.78, 5) is 5.92.